The Hall–Kier alpha value is -2.06. The van der Waals surface area contributed by atoms with Crippen LogP contribution in [0.2, 0.25) is 0 Å². The molecule has 0 spiro atoms. The highest BCUT2D eigenvalue weighted by atomic mass is 31.2. The molecular weight excluding hydrogens is 341 g/mol. The standard InChI is InChI=1S/C12H12N5O6P/c13-1-5-2-17(11-7(5)10(14)15-4-16-11)12-8(18)9-6(22-12)3-21-24(19,20)23-9/h2,4,6,8-9,12,18H,3H2,(H,19,20)(H2,14,15,16). The van der Waals surface area contributed by atoms with E-state index >= 15 is 0 Å². The number of nitriles is 1. The number of phosphoric acid groups is 1. The normalized spacial score (nSPS) is 35.7. The summed E-state index contributed by atoms with van der Waals surface area (Å²) in [5.41, 5.74) is 6.32. The zero-order valence-corrected chi connectivity index (χ0v) is 12.9. The molecule has 5 atom stereocenters. The molecule has 2 aromatic heterocycles. The quantitative estimate of drug-likeness (QED) is 0.577. The summed E-state index contributed by atoms with van der Waals surface area (Å²) in [7, 11) is -4.22. The first kappa shape index (κ1) is 15.5. The van der Waals surface area contributed by atoms with Gasteiger partial charge in [-0.2, -0.15) is 5.26 Å². The summed E-state index contributed by atoms with van der Waals surface area (Å²) < 4.78 is 28.2. The van der Waals surface area contributed by atoms with Gasteiger partial charge in [0.1, 0.15) is 42.2 Å². The van der Waals surface area contributed by atoms with Crippen LogP contribution < -0.4 is 5.73 Å². The van der Waals surface area contributed by atoms with E-state index < -0.39 is 32.4 Å². The predicted octanol–water partition coefficient (Wildman–Crippen LogP) is -0.341. The number of anilines is 1. The summed E-state index contributed by atoms with van der Waals surface area (Å²) in [6.45, 7) is -0.201. The second-order valence-corrected chi connectivity index (χ2v) is 6.82. The summed E-state index contributed by atoms with van der Waals surface area (Å²) in [5, 5.41) is 20.1. The molecule has 0 aliphatic carbocycles. The molecule has 4 rings (SSSR count). The Balaban J connectivity index is 1.78. The van der Waals surface area contributed by atoms with Crippen molar-refractivity contribution < 1.29 is 28.3 Å². The van der Waals surface area contributed by atoms with Gasteiger partial charge in [0, 0.05) is 6.20 Å². The average Bonchev–Trinajstić information content (AvgIpc) is 3.06. The molecule has 4 N–H and O–H groups in total. The molecule has 24 heavy (non-hydrogen) atoms. The molecule has 12 heteroatoms. The Labute approximate surface area is 134 Å². The summed E-state index contributed by atoms with van der Waals surface area (Å²) in [5.74, 6) is 0.125. The first-order chi connectivity index (χ1) is 11.4. The van der Waals surface area contributed by atoms with E-state index in [1.54, 1.807) is 0 Å². The number of ether oxygens (including phenoxy) is 1. The molecule has 5 unspecified atom stereocenters. The third-order valence-corrected chi connectivity index (χ3v) is 4.98. The Bertz CT molecular complexity index is 909. The van der Waals surface area contributed by atoms with Crippen LogP contribution in [-0.2, 0) is 18.3 Å². The molecule has 4 heterocycles. The number of rotatable bonds is 1. The van der Waals surface area contributed by atoms with Crippen LogP contribution in [-0.4, -0.2) is 49.5 Å². The van der Waals surface area contributed by atoms with Gasteiger partial charge < -0.3 is 25.0 Å². The monoisotopic (exact) mass is 353 g/mol. The zero-order chi connectivity index (χ0) is 17.1. The van der Waals surface area contributed by atoms with Crippen LogP contribution in [0.5, 0.6) is 0 Å². The van der Waals surface area contributed by atoms with Crippen molar-refractivity contribution >= 4 is 24.7 Å². The highest BCUT2D eigenvalue weighted by Crippen LogP contribution is 2.52. The van der Waals surface area contributed by atoms with E-state index in [2.05, 4.69) is 9.97 Å². The molecular formula is C12H12N5O6P. The van der Waals surface area contributed by atoms with Gasteiger partial charge in [0.15, 0.2) is 6.23 Å². The van der Waals surface area contributed by atoms with Crippen molar-refractivity contribution in [2.24, 2.45) is 0 Å². The average molecular weight is 353 g/mol. The van der Waals surface area contributed by atoms with E-state index in [4.69, 9.17) is 19.5 Å². The summed E-state index contributed by atoms with van der Waals surface area (Å²) in [6, 6.07) is 1.99. The second kappa shape index (κ2) is 5.22. The Morgan fingerprint density at radius 1 is 1.50 bits per heavy atom. The van der Waals surface area contributed by atoms with Gasteiger partial charge in [-0.1, -0.05) is 0 Å². The summed E-state index contributed by atoms with van der Waals surface area (Å²) >= 11 is 0. The Morgan fingerprint density at radius 2 is 2.29 bits per heavy atom. The lowest BCUT2D eigenvalue weighted by Crippen LogP contribution is -2.39. The molecule has 2 saturated heterocycles. The first-order valence-electron chi connectivity index (χ1n) is 6.91. The lowest BCUT2D eigenvalue weighted by Gasteiger charge is -2.27. The number of nitrogens with two attached hydrogens (primary N) is 1. The summed E-state index contributed by atoms with van der Waals surface area (Å²) in [6.07, 6.45) is -1.37. The molecule has 0 saturated carbocycles. The van der Waals surface area contributed by atoms with Crippen molar-refractivity contribution in [1.82, 2.24) is 14.5 Å². The number of nitrogens with zero attached hydrogens (tertiary/aromatic N) is 4. The molecule has 0 radical (unpaired) electrons. The van der Waals surface area contributed by atoms with Gasteiger partial charge in [0.25, 0.3) is 0 Å². The third-order valence-electron chi connectivity index (χ3n) is 4.00. The van der Waals surface area contributed by atoms with Crippen molar-refractivity contribution in [3.05, 3.63) is 18.1 Å². The summed E-state index contributed by atoms with van der Waals surface area (Å²) in [4.78, 5) is 17.3. The molecule has 0 amide bonds. The van der Waals surface area contributed by atoms with E-state index in [9.17, 15) is 19.8 Å². The van der Waals surface area contributed by atoms with Crippen molar-refractivity contribution in [3.63, 3.8) is 0 Å². The van der Waals surface area contributed by atoms with E-state index in [1.165, 1.54) is 17.1 Å². The predicted molar refractivity (Wildman–Crippen MR) is 77.2 cm³/mol. The minimum atomic E-state index is -4.22. The van der Waals surface area contributed by atoms with Gasteiger partial charge in [-0.3, -0.25) is 9.05 Å². The van der Waals surface area contributed by atoms with Gasteiger partial charge in [0.2, 0.25) is 0 Å². The molecule has 2 aliphatic heterocycles. The molecule has 0 bridgehead atoms. The largest absolute Gasteiger partial charge is 0.472 e. The van der Waals surface area contributed by atoms with E-state index in [0.717, 1.165) is 0 Å². The fourth-order valence-electron chi connectivity index (χ4n) is 2.95. The van der Waals surface area contributed by atoms with Crippen molar-refractivity contribution in [2.75, 3.05) is 12.3 Å². The van der Waals surface area contributed by atoms with Crippen molar-refractivity contribution in [3.8, 4) is 6.07 Å². The molecule has 2 aromatic rings. The number of aliphatic hydroxyl groups is 1. The number of phosphoric ester groups is 1. The lowest BCUT2D eigenvalue weighted by molar-refractivity contribution is -0.0663. The van der Waals surface area contributed by atoms with Crippen molar-refractivity contribution in [2.45, 2.75) is 24.5 Å². The number of aromatic nitrogens is 3. The smallest absolute Gasteiger partial charge is 0.386 e. The van der Waals surface area contributed by atoms with Gasteiger partial charge in [-0.25, -0.2) is 14.5 Å². The maximum atomic E-state index is 11.5. The number of hydrogen-bond donors (Lipinski definition) is 3. The number of nitrogen functional groups attached to an aromatic ring is 1. The maximum absolute atomic E-state index is 11.5. The highest BCUT2D eigenvalue weighted by molar-refractivity contribution is 7.47. The Morgan fingerprint density at radius 3 is 3.04 bits per heavy atom. The van der Waals surface area contributed by atoms with Crippen LogP contribution in [0.4, 0.5) is 5.82 Å². The molecule has 126 valence electrons. The SMILES string of the molecule is N#Cc1cn(C2OC3COP(=O)(O)OC3C2O)c2ncnc(N)c12. The van der Waals surface area contributed by atoms with Gasteiger partial charge in [-0.05, 0) is 0 Å². The lowest BCUT2D eigenvalue weighted by atomic mass is 10.1. The maximum Gasteiger partial charge on any atom is 0.472 e. The van der Waals surface area contributed by atoms with Crippen LogP contribution in [0.25, 0.3) is 11.0 Å². The van der Waals surface area contributed by atoms with Crippen LogP contribution >= 0.6 is 7.82 Å². The molecule has 2 fully saturated rings. The Kier molecular flexibility index (Phi) is 3.36. The molecule has 11 nitrogen and oxygen atoms in total. The van der Waals surface area contributed by atoms with Crippen LogP contribution in [0.15, 0.2) is 12.5 Å². The minimum Gasteiger partial charge on any atom is -0.386 e. The van der Waals surface area contributed by atoms with Gasteiger partial charge in [-0.15, -0.1) is 0 Å². The van der Waals surface area contributed by atoms with Gasteiger partial charge >= 0.3 is 7.82 Å². The third kappa shape index (κ3) is 2.21. The van der Waals surface area contributed by atoms with Crippen LogP contribution in [0.1, 0.15) is 11.8 Å². The van der Waals surface area contributed by atoms with Gasteiger partial charge in [0.05, 0.1) is 17.6 Å². The fraction of sp³-hybridized carbons (Fsp3) is 0.417. The number of fused-ring (bicyclic) bond motifs is 2. The van der Waals surface area contributed by atoms with Crippen LogP contribution in [0.3, 0.4) is 0 Å². The highest BCUT2D eigenvalue weighted by Gasteiger charge is 2.52. The molecule has 0 aromatic carbocycles. The second-order valence-electron chi connectivity index (χ2n) is 5.41. The number of aliphatic hydroxyl groups excluding tert-OH is 1. The van der Waals surface area contributed by atoms with E-state index in [-0.39, 0.29) is 18.0 Å². The topological polar surface area (TPSA) is 166 Å². The van der Waals surface area contributed by atoms with E-state index in [1.807, 2.05) is 6.07 Å². The minimum absolute atomic E-state index is 0.125. The number of hydrogen-bond acceptors (Lipinski definition) is 9. The van der Waals surface area contributed by atoms with E-state index in [0.29, 0.717) is 11.0 Å². The molecule has 2 aliphatic rings. The first-order valence-corrected chi connectivity index (χ1v) is 8.41. The zero-order valence-electron chi connectivity index (χ0n) is 12.0. The van der Waals surface area contributed by atoms with Crippen LogP contribution in [0, 0.1) is 11.3 Å². The fourth-order valence-corrected chi connectivity index (χ4v) is 3.92. The van der Waals surface area contributed by atoms with Crippen molar-refractivity contribution in [1.29, 1.82) is 5.26 Å².